The number of aromatic nitrogens is 4. The molecule has 1 fully saturated rings. The Kier molecular flexibility index (Phi) is 1.41. The Bertz CT molecular complexity index is 573. The molecule has 3 rings (SSSR count). The second-order valence-electron chi connectivity index (χ2n) is 3.94. The molecule has 0 amide bonds. The number of hydrogen-bond donors (Lipinski definition) is 0. The molecule has 1 aliphatic rings. The smallest absolute Gasteiger partial charge is 0.219 e. The normalized spacial score (nSPS) is 17.6. The molecule has 15 heavy (non-hydrogen) atoms. The highest BCUT2D eigenvalue weighted by Gasteiger charge is 2.45. The van der Waals surface area contributed by atoms with E-state index in [1.807, 2.05) is 13.1 Å². The van der Waals surface area contributed by atoms with Crippen molar-refractivity contribution in [2.75, 3.05) is 0 Å². The molecule has 2 aromatic rings. The third kappa shape index (κ3) is 1.11. The maximum Gasteiger partial charge on any atom is 0.252 e. The van der Waals surface area contributed by atoms with Crippen molar-refractivity contribution in [1.82, 2.24) is 19.6 Å². The van der Waals surface area contributed by atoms with Gasteiger partial charge in [0.15, 0.2) is 0 Å². The number of hydrogen-bond acceptors (Lipinski definition) is 4. The van der Waals surface area contributed by atoms with Gasteiger partial charge in [-0.05, 0) is 19.8 Å². The number of nitrogens with zero attached hydrogens (tertiary/aromatic N) is 5. The fourth-order valence-electron chi connectivity index (χ4n) is 1.72. The van der Waals surface area contributed by atoms with Crippen LogP contribution >= 0.6 is 0 Å². The van der Waals surface area contributed by atoms with Crippen molar-refractivity contribution in [2.24, 2.45) is 0 Å². The van der Waals surface area contributed by atoms with E-state index >= 15 is 0 Å². The first-order chi connectivity index (χ1) is 7.23. The molecule has 0 bridgehead atoms. The summed E-state index contributed by atoms with van der Waals surface area (Å²) in [6, 6.07) is 2.34. The zero-order valence-electron chi connectivity index (χ0n) is 8.30. The van der Waals surface area contributed by atoms with Gasteiger partial charge in [-0.2, -0.15) is 15.3 Å². The van der Waals surface area contributed by atoms with E-state index in [1.54, 1.807) is 10.7 Å². The number of fused-ring (bicyclic) bond motifs is 1. The van der Waals surface area contributed by atoms with Gasteiger partial charge in [-0.1, -0.05) is 0 Å². The Labute approximate surface area is 86.4 Å². The highest BCUT2D eigenvalue weighted by atomic mass is 15.3. The van der Waals surface area contributed by atoms with Gasteiger partial charge < -0.3 is 0 Å². The quantitative estimate of drug-likeness (QED) is 0.686. The fraction of sp³-hybridized carbons (Fsp3) is 0.400. The highest BCUT2D eigenvalue weighted by Crippen LogP contribution is 2.47. The maximum absolute atomic E-state index is 9.06. The minimum atomic E-state index is -0.305. The second-order valence-corrected chi connectivity index (χ2v) is 3.94. The Morgan fingerprint density at radius 2 is 2.33 bits per heavy atom. The average molecular weight is 199 g/mol. The topological polar surface area (TPSA) is 66.9 Å². The molecule has 0 atom stereocenters. The van der Waals surface area contributed by atoms with Crippen molar-refractivity contribution >= 4 is 5.78 Å². The van der Waals surface area contributed by atoms with Crippen LogP contribution in [0, 0.1) is 18.3 Å². The van der Waals surface area contributed by atoms with Gasteiger partial charge in [-0.3, -0.25) is 0 Å². The zero-order chi connectivity index (χ0) is 10.5. The van der Waals surface area contributed by atoms with E-state index in [-0.39, 0.29) is 5.41 Å². The molecule has 1 aliphatic carbocycles. The van der Waals surface area contributed by atoms with Crippen LogP contribution in [0.3, 0.4) is 0 Å². The van der Waals surface area contributed by atoms with Gasteiger partial charge in [0, 0.05) is 18.0 Å². The molecule has 5 heteroatoms. The first kappa shape index (κ1) is 8.36. The van der Waals surface area contributed by atoms with Gasteiger partial charge in [-0.15, -0.1) is 0 Å². The van der Waals surface area contributed by atoms with E-state index in [0.717, 1.165) is 18.4 Å². The lowest BCUT2D eigenvalue weighted by Crippen LogP contribution is -2.05. The Morgan fingerprint density at radius 3 is 3.00 bits per heavy atom. The monoisotopic (exact) mass is 199 g/mol. The lowest BCUT2D eigenvalue weighted by atomic mass is 10.0. The van der Waals surface area contributed by atoms with E-state index in [1.165, 1.54) is 0 Å². The predicted octanol–water partition coefficient (Wildman–Crippen LogP) is 0.988. The first-order valence-electron chi connectivity index (χ1n) is 4.84. The molecule has 0 spiro atoms. The van der Waals surface area contributed by atoms with E-state index in [9.17, 15) is 0 Å². The number of rotatable bonds is 1. The predicted molar refractivity (Wildman–Crippen MR) is 52.0 cm³/mol. The highest BCUT2D eigenvalue weighted by molar-refractivity contribution is 5.39. The largest absolute Gasteiger partial charge is 0.252 e. The van der Waals surface area contributed by atoms with Crippen molar-refractivity contribution in [3.8, 4) is 6.07 Å². The summed E-state index contributed by atoms with van der Waals surface area (Å²) in [6.45, 7) is 1.82. The van der Waals surface area contributed by atoms with Crippen LogP contribution < -0.4 is 0 Å². The van der Waals surface area contributed by atoms with Crippen LogP contribution in [0.4, 0.5) is 0 Å². The summed E-state index contributed by atoms with van der Waals surface area (Å²) in [4.78, 5) is 8.33. The van der Waals surface area contributed by atoms with E-state index in [2.05, 4.69) is 21.1 Å². The summed E-state index contributed by atoms with van der Waals surface area (Å²) in [5, 5.41) is 13.2. The standard InChI is InChI=1S/C10H9N5/c1-7-13-9-12-4-8(5-15(9)14-7)10(6-11)2-3-10/h4-5H,2-3H2,1H3. The number of aryl methyl sites for hydroxylation is 1. The van der Waals surface area contributed by atoms with Crippen LogP contribution in [0.1, 0.15) is 24.2 Å². The molecule has 0 aromatic carbocycles. The molecule has 2 heterocycles. The Balaban J connectivity index is 2.18. The molecule has 0 aliphatic heterocycles. The van der Waals surface area contributed by atoms with Gasteiger partial charge in [0.1, 0.15) is 5.82 Å². The molecular weight excluding hydrogens is 190 g/mol. The Morgan fingerprint density at radius 1 is 1.53 bits per heavy atom. The van der Waals surface area contributed by atoms with Crippen molar-refractivity contribution in [2.45, 2.75) is 25.2 Å². The van der Waals surface area contributed by atoms with Crippen molar-refractivity contribution in [3.63, 3.8) is 0 Å². The number of nitriles is 1. The van der Waals surface area contributed by atoms with Gasteiger partial charge in [0.05, 0.1) is 11.5 Å². The molecular formula is C10H9N5. The summed E-state index contributed by atoms with van der Waals surface area (Å²) in [7, 11) is 0. The molecule has 0 N–H and O–H groups in total. The molecule has 2 aromatic heterocycles. The SMILES string of the molecule is Cc1nc2ncc(C3(C#N)CC3)cn2n1. The van der Waals surface area contributed by atoms with Gasteiger partial charge >= 0.3 is 0 Å². The van der Waals surface area contributed by atoms with Crippen molar-refractivity contribution < 1.29 is 0 Å². The van der Waals surface area contributed by atoms with Gasteiger partial charge in [0.25, 0.3) is 5.78 Å². The van der Waals surface area contributed by atoms with Crippen LogP contribution in [0.2, 0.25) is 0 Å². The lowest BCUT2D eigenvalue weighted by Gasteiger charge is -2.04. The molecule has 74 valence electrons. The minimum absolute atomic E-state index is 0.305. The second kappa shape index (κ2) is 2.54. The minimum Gasteiger partial charge on any atom is -0.219 e. The summed E-state index contributed by atoms with van der Waals surface area (Å²) in [5.74, 6) is 1.28. The zero-order valence-corrected chi connectivity index (χ0v) is 8.30. The summed E-state index contributed by atoms with van der Waals surface area (Å²) >= 11 is 0. The fourth-order valence-corrected chi connectivity index (χ4v) is 1.72. The molecule has 0 radical (unpaired) electrons. The van der Waals surface area contributed by atoms with E-state index < -0.39 is 0 Å². The van der Waals surface area contributed by atoms with Gasteiger partial charge in [0.2, 0.25) is 0 Å². The molecule has 0 saturated heterocycles. The van der Waals surface area contributed by atoms with Gasteiger partial charge in [-0.25, -0.2) is 9.50 Å². The summed E-state index contributed by atoms with van der Waals surface area (Å²) in [6.07, 6.45) is 5.44. The maximum atomic E-state index is 9.06. The van der Waals surface area contributed by atoms with Crippen LogP contribution in [0.25, 0.3) is 5.78 Å². The third-order valence-corrected chi connectivity index (χ3v) is 2.82. The van der Waals surface area contributed by atoms with Crippen LogP contribution in [0.5, 0.6) is 0 Å². The lowest BCUT2D eigenvalue weighted by molar-refractivity contribution is 0.837. The molecule has 5 nitrogen and oxygen atoms in total. The summed E-state index contributed by atoms with van der Waals surface area (Å²) in [5.41, 5.74) is 0.642. The molecule has 1 saturated carbocycles. The van der Waals surface area contributed by atoms with E-state index in [0.29, 0.717) is 11.6 Å². The molecule has 0 unspecified atom stereocenters. The average Bonchev–Trinajstić information content (AvgIpc) is 2.94. The summed E-state index contributed by atoms with van der Waals surface area (Å²) < 4.78 is 1.64. The van der Waals surface area contributed by atoms with Crippen molar-refractivity contribution in [1.29, 1.82) is 5.26 Å². The first-order valence-corrected chi connectivity index (χ1v) is 4.84. The van der Waals surface area contributed by atoms with Crippen molar-refractivity contribution in [3.05, 3.63) is 23.8 Å². The Hall–Kier alpha value is -1.96. The van der Waals surface area contributed by atoms with Crippen LogP contribution in [-0.4, -0.2) is 19.6 Å². The van der Waals surface area contributed by atoms with E-state index in [4.69, 9.17) is 5.26 Å². The van der Waals surface area contributed by atoms with Crippen LogP contribution in [-0.2, 0) is 5.41 Å². The van der Waals surface area contributed by atoms with Crippen LogP contribution in [0.15, 0.2) is 12.4 Å². The third-order valence-electron chi connectivity index (χ3n) is 2.82.